The minimum atomic E-state index is -0.305. The number of esters is 1. The van der Waals surface area contributed by atoms with Crippen molar-refractivity contribution in [2.75, 3.05) is 6.61 Å². The predicted octanol–water partition coefficient (Wildman–Crippen LogP) is 3.02. The molecular formula is C14H17N3O2S. The zero-order chi connectivity index (χ0) is 14.5. The maximum atomic E-state index is 11.7. The second-order valence-electron chi connectivity index (χ2n) is 4.09. The summed E-state index contributed by atoms with van der Waals surface area (Å²) in [6.07, 6.45) is 5.60. The van der Waals surface area contributed by atoms with Crippen LogP contribution in [0.15, 0.2) is 12.3 Å². The molecule has 0 aliphatic heterocycles. The Labute approximate surface area is 121 Å². The highest BCUT2D eigenvalue weighted by Gasteiger charge is 2.15. The summed E-state index contributed by atoms with van der Waals surface area (Å²) in [5.41, 5.74) is 1.72. The SMILES string of the molecule is CCOC(=O)c1sc(/C=C/c2ccnn2CC)nc1C. The lowest BCUT2D eigenvalue weighted by atomic mass is 10.3. The molecule has 0 aromatic carbocycles. The van der Waals surface area contributed by atoms with E-state index in [0.29, 0.717) is 17.2 Å². The fourth-order valence-corrected chi connectivity index (χ4v) is 2.64. The summed E-state index contributed by atoms with van der Waals surface area (Å²) >= 11 is 1.34. The van der Waals surface area contributed by atoms with Crippen molar-refractivity contribution in [1.82, 2.24) is 14.8 Å². The van der Waals surface area contributed by atoms with Crippen molar-refractivity contribution in [1.29, 1.82) is 0 Å². The monoisotopic (exact) mass is 291 g/mol. The lowest BCUT2D eigenvalue weighted by Crippen LogP contribution is -2.03. The molecule has 0 saturated carbocycles. The maximum Gasteiger partial charge on any atom is 0.350 e. The first-order valence-electron chi connectivity index (χ1n) is 6.50. The Hall–Kier alpha value is -1.95. The number of aromatic nitrogens is 3. The molecule has 2 rings (SSSR count). The summed E-state index contributed by atoms with van der Waals surface area (Å²) in [5, 5.41) is 4.98. The van der Waals surface area contributed by atoms with E-state index < -0.39 is 0 Å². The summed E-state index contributed by atoms with van der Waals surface area (Å²) in [6.45, 7) is 6.84. The maximum absolute atomic E-state index is 11.7. The molecule has 6 heteroatoms. The van der Waals surface area contributed by atoms with Gasteiger partial charge in [-0.3, -0.25) is 4.68 Å². The molecule has 0 aliphatic rings. The summed E-state index contributed by atoms with van der Waals surface area (Å²) < 4.78 is 6.89. The van der Waals surface area contributed by atoms with Gasteiger partial charge >= 0.3 is 5.97 Å². The molecule has 0 bridgehead atoms. The van der Waals surface area contributed by atoms with Crippen LogP contribution in [-0.2, 0) is 11.3 Å². The third-order valence-corrected chi connectivity index (χ3v) is 3.82. The standard InChI is InChI=1S/C14H17N3O2S/c1-4-17-11(8-9-15-17)6-7-12-16-10(3)13(20-12)14(18)19-5-2/h6-9H,4-5H2,1-3H3/b7-6+. The third kappa shape index (κ3) is 3.14. The number of nitrogens with zero attached hydrogens (tertiary/aromatic N) is 3. The third-order valence-electron chi connectivity index (χ3n) is 2.72. The highest BCUT2D eigenvalue weighted by Crippen LogP contribution is 2.21. The lowest BCUT2D eigenvalue weighted by molar-refractivity contribution is 0.0531. The predicted molar refractivity (Wildman–Crippen MR) is 79.6 cm³/mol. The van der Waals surface area contributed by atoms with Gasteiger partial charge in [-0.15, -0.1) is 11.3 Å². The van der Waals surface area contributed by atoms with Gasteiger partial charge in [0.1, 0.15) is 9.88 Å². The second-order valence-corrected chi connectivity index (χ2v) is 5.12. The van der Waals surface area contributed by atoms with Gasteiger partial charge in [-0.2, -0.15) is 5.10 Å². The van der Waals surface area contributed by atoms with Crippen molar-refractivity contribution in [2.24, 2.45) is 0 Å². The van der Waals surface area contributed by atoms with Crippen molar-refractivity contribution < 1.29 is 9.53 Å². The van der Waals surface area contributed by atoms with Crippen LogP contribution in [0, 0.1) is 6.92 Å². The van der Waals surface area contributed by atoms with Gasteiger partial charge < -0.3 is 4.74 Å². The van der Waals surface area contributed by atoms with Crippen LogP contribution in [0.3, 0.4) is 0 Å². The number of carbonyl (C=O) groups excluding carboxylic acids is 1. The number of ether oxygens (including phenoxy) is 1. The molecule has 0 saturated heterocycles. The van der Waals surface area contributed by atoms with Crippen molar-refractivity contribution in [3.05, 3.63) is 33.5 Å². The van der Waals surface area contributed by atoms with E-state index in [-0.39, 0.29) is 5.97 Å². The van der Waals surface area contributed by atoms with Crippen LogP contribution in [0.4, 0.5) is 0 Å². The van der Waals surface area contributed by atoms with Crippen LogP contribution in [0.25, 0.3) is 12.2 Å². The second kappa shape index (κ2) is 6.47. The molecule has 20 heavy (non-hydrogen) atoms. The number of thiazole rings is 1. The summed E-state index contributed by atoms with van der Waals surface area (Å²) in [5.74, 6) is -0.305. The zero-order valence-electron chi connectivity index (χ0n) is 11.8. The molecule has 0 atom stereocenters. The van der Waals surface area contributed by atoms with Crippen molar-refractivity contribution in [3.63, 3.8) is 0 Å². The summed E-state index contributed by atoms with van der Waals surface area (Å²) in [6, 6.07) is 1.94. The quantitative estimate of drug-likeness (QED) is 0.795. The summed E-state index contributed by atoms with van der Waals surface area (Å²) in [4.78, 5) is 16.7. The molecule has 2 aromatic rings. The topological polar surface area (TPSA) is 57.0 Å². The Morgan fingerprint density at radius 2 is 2.25 bits per heavy atom. The highest BCUT2D eigenvalue weighted by atomic mass is 32.1. The van der Waals surface area contributed by atoms with Crippen LogP contribution in [-0.4, -0.2) is 27.3 Å². The fourth-order valence-electron chi connectivity index (χ4n) is 1.78. The van der Waals surface area contributed by atoms with Crippen LogP contribution in [0.5, 0.6) is 0 Å². The fraction of sp³-hybridized carbons (Fsp3) is 0.357. The average molecular weight is 291 g/mol. The van der Waals surface area contributed by atoms with E-state index >= 15 is 0 Å². The Kier molecular flexibility index (Phi) is 4.68. The largest absolute Gasteiger partial charge is 0.462 e. The minimum Gasteiger partial charge on any atom is -0.462 e. The van der Waals surface area contributed by atoms with Gasteiger partial charge in [-0.25, -0.2) is 9.78 Å². The number of carbonyl (C=O) groups is 1. The first-order valence-corrected chi connectivity index (χ1v) is 7.31. The zero-order valence-corrected chi connectivity index (χ0v) is 12.6. The van der Waals surface area contributed by atoms with Crippen LogP contribution < -0.4 is 0 Å². The van der Waals surface area contributed by atoms with Crippen molar-refractivity contribution in [2.45, 2.75) is 27.3 Å². The van der Waals surface area contributed by atoms with E-state index in [1.54, 1.807) is 13.1 Å². The number of aryl methyl sites for hydroxylation is 2. The molecule has 0 radical (unpaired) electrons. The molecule has 0 fully saturated rings. The van der Waals surface area contributed by atoms with Gasteiger partial charge in [0.15, 0.2) is 0 Å². The van der Waals surface area contributed by atoms with Gasteiger partial charge in [0, 0.05) is 12.7 Å². The minimum absolute atomic E-state index is 0.305. The first-order chi connectivity index (χ1) is 9.65. The van der Waals surface area contributed by atoms with Gasteiger partial charge in [-0.05, 0) is 39.0 Å². The molecule has 2 heterocycles. The van der Waals surface area contributed by atoms with Crippen molar-refractivity contribution >= 4 is 29.5 Å². The van der Waals surface area contributed by atoms with E-state index in [4.69, 9.17) is 4.74 Å². The number of hydrogen-bond acceptors (Lipinski definition) is 5. The smallest absolute Gasteiger partial charge is 0.350 e. The lowest BCUT2D eigenvalue weighted by Gasteiger charge is -1.97. The van der Waals surface area contributed by atoms with E-state index in [0.717, 1.165) is 17.2 Å². The van der Waals surface area contributed by atoms with Gasteiger partial charge in [-0.1, -0.05) is 0 Å². The highest BCUT2D eigenvalue weighted by molar-refractivity contribution is 7.14. The van der Waals surface area contributed by atoms with Crippen molar-refractivity contribution in [3.8, 4) is 0 Å². The molecule has 0 amide bonds. The normalized spacial score (nSPS) is 11.2. The van der Waals surface area contributed by atoms with Crippen LogP contribution in [0.1, 0.15) is 39.9 Å². The van der Waals surface area contributed by atoms with Crippen LogP contribution >= 0.6 is 11.3 Å². The van der Waals surface area contributed by atoms with E-state index in [1.807, 2.05) is 36.7 Å². The van der Waals surface area contributed by atoms with Gasteiger partial charge in [0.05, 0.1) is 18.0 Å². The Morgan fingerprint density at radius 1 is 1.45 bits per heavy atom. The first kappa shape index (κ1) is 14.5. The molecule has 0 unspecified atom stereocenters. The molecule has 0 spiro atoms. The average Bonchev–Trinajstić information content (AvgIpc) is 3.02. The Balaban J connectivity index is 2.18. The Bertz CT molecular complexity index is 628. The van der Waals surface area contributed by atoms with E-state index in [2.05, 4.69) is 10.1 Å². The Morgan fingerprint density at radius 3 is 2.95 bits per heavy atom. The molecule has 0 aliphatic carbocycles. The molecule has 0 N–H and O–H groups in total. The van der Waals surface area contributed by atoms with Crippen LogP contribution in [0.2, 0.25) is 0 Å². The number of hydrogen-bond donors (Lipinski definition) is 0. The van der Waals surface area contributed by atoms with Gasteiger partial charge in [0.25, 0.3) is 0 Å². The molecule has 5 nitrogen and oxygen atoms in total. The van der Waals surface area contributed by atoms with E-state index in [1.165, 1.54) is 11.3 Å². The van der Waals surface area contributed by atoms with Gasteiger partial charge in [0.2, 0.25) is 0 Å². The summed E-state index contributed by atoms with van der Waals surface area (Å²) in [7, 11) is 0. The molecule has 2 aromatic heterocycles. The molecular weight excluding hydrogens is 274 g/mol. The molecule has 106 valence electrons. The number of rotatable bonds is 5. The van der Waals surface area contributed by atoms with E-state index in [9.17, 15) is 4.79 Å².